The fourth-order valence-corrected chi connectivity index (χ4v) is 2.65. The van der Waals surface area contributed by atoms with E-state index in [1.54, 1.807) is 46.9 Å². The molecular formula is C21H33N3O4. The van der Waals surface area contributed by atoms with Gasteiger partial charge in [0.2, 0.25) is 11.8 Å². The van der Waals surface area contributed by atoms with E-state index in [-0.39, 0.29) is 11.8 Å². The summed E-state index contributed by atoms with van der Waals surface area (Å²) in [5, 5.41) is 5.41. The Morgan fingerprint density at radius 1 is 1.14 bits per heavy atom. The average Bonchev–Trinajstić information content (AvgIpc) is 2.60. The molecule has 3 amide bonds. The molecule has 0 aliphatic rings. The number of hydrogen-bond acceptors (Lipinski definition) is 4. The van der Waals surface area contributed by atoms with Gasteiger partial charge in [0.1, 0.15) is 17.7 Å². The summed E-state index contributed by atoms with van der Waals surface area (Å²) in [6.45, 7) is 9.40. The highest BCUT2D eigenvalue weighted by Gasteiger charge is 2.31. The zero-order valence-corrected chi connectivity index (χ0v) is 17.7. The van der Waals surface area contributed by atoms with E-state index in [1.807, 2.05) is 25.1 Å². The number of unbranched alkanes of at least 4 members (excludes halogenated alkanes) is 1. The van der Waals surface area contributed by atoms with Crippen molar-refractivity contribution in [1.82, 2.24) is 15.5 Å². The van der Waals surface area contributed by atoms with Crippen LogP contribution in [-0.2, 0) is 14.3 Å². The molecule has 7 nitrogen and oxygen atoms in total. The topological polar surface area (TPSA) is 87.7 Å². The van der Waals surface area contributed by atoms with Gasteiger partial charge in [0, 0.05) is 13.6 Å². The first kappa shape index (κ1) is 23.5. The molecule has 0 spiro atoms. The van der Waals surface area contributed by atoms with Gasteiger partial charge in [0.25, 0.3) is 0 Å². The molecule has 0 aliphatic heterocycles. The number of hydrogen-bond donors (Lipinski definition) is 2. The van der Waals surface area contributed by atoms with E-state index in [0.29, 0.717) is 12.1 Å². The SMILES string of the molecule is CCCCNC(=O)C(c1ccccc1)N(C)C(=O)C(C)NC(=O)OC(C)(C)C. The molecule has 0 saturated heterocycles. The molecule has 156 valence electrons. The maximum absolute atomic E-state index is 12.9. The summed E-state index contributed by atoms with van der Waals surface area (Å²) in [4.78, 5) is 39.0. The second kappa shape index (κ2) is 10.7. The summed E-state index contributed by atoms with van der Waals surface area (Å²) >= 11 is 0. The molecule has 0 radical (unpaired) electrons. The molecule has 1 rings (SSSR count). The number of nitrogens with zero attached hydrogens (tertiary/aromatic N) is 1. The summed E-state index contributed by atoms with van der Waals surface area (Å²) < 4.78 is 5.20. The van der Waals surface area contributed by atoms with E-state index in [9.17, 15) is 14.4 Å². The van der Waals surface area contributed by atoms with Gasteiger partial charge in [0.15, 0.2) is 0 Å². The Morgan fingerprint density at radius 3 is 2.29 bits per heavy atom. The van der Waals surface area contributed by atoms with Crippen LogP contribution in [0, 0.1) is 0 Å². The Bertz CT molecular complexity index is 655. The average molecular weight is 392 g/mol. The number of alkyl carbamates (subject to hydrolysis) is 1. The van der Waals surface area contributed by atoms with Gasteiger partial charge >= 0.3 is 6.09 Å². The predicted molar refractivity (Wildman–Crippen MR) is 109 cm³/mol. The van der Waals surface area contributed by atoms with Gasteiger partial charge in [-0.15, -0.1) is 0 Å². The third-order valence-corrected chi connectivity index (χ3v) is 4.03. The molecule has 28 heavy (non-hydrogen) atoms. The molecule has 1 aromatic carbocycles. The van der Waals surface area contributed by atoms with Crippen LogP contribution in [-0.4, -0.2) is 48.0 Å². The first-order chi connectivity index (χ1) is 13.1. The van der Waals surface area contributed by atoms with Gasteiger partial charge in [-0.3, -0.25) is 9.59 Å². The minimum absolute atomic E-state index is 0.250. The number of nitrogens with one attached hydrogen (secondary N) is 2. The van der Waals surface area contributed by atoms with Crippen molar-refractivity contribution in [2.24, 2.45) is 0 Å². The molecule has 0 saturated carbocycles. The Balaban J connectivity index is 2.92. The molecule has 7 heteroatoms. The molecule has 0 heterocycles. The summed E-state index contributed by atoms with van der Waals surface area (Å²) in [5.74, 6) is -0.634. The summed E-state index contributed by atoms with van der Waals surface area (Å²) in [7, 11) is 1.56. The molecule has 0 aromatic heterocycles. The lowest BCUT2D eigenvalue weighted by molar-refractivity contribution is -0.140. The van der Waals surface area contributed by atoms with Crippen molar-refractivity contribution in [2.45, 2.75) is 65.1 Å². The number of carbonyl (C=O) groups is 3. The molecule has 2 atom stereocenters. The molecule has 0 fully saturated rings. The lowest BCUT2D eigenvalue weighted by atomic mass is 10.0. The fourth-order valence-electron chi connectivity index (χ4n) is 2.65. The summed E-state index contributed by atoms with van der Waals surface area (Å²) in [5.41, 5.74) is 0.0432. The zero-order valence-electron chi connectivity index (χ0n) is 17.7. The van der Waals surface area contributed by atoms with Crippen LogP contribution in [0.4, 0.5) is 4.79 Å². The smallest absolute Gasteiger partial charge is 0.408 e. The first-order valence-electron chi connectivity index (χ1n) is 9.65. The molecule has 1 aromatic rings. The third kappa shape index (κ3) is 7.58. The lowest BCUT2D eigenvalue weighted by Crippen LogP contribution is -2.50. The largest absolute Gasteiger partial charge is 0.444 e. The Hall–Kier alpha value is -2.57. The van der Waals surface area contributed by atoms with E-state index >= 15 is 0 Å². The van der Waals surface area contributed by atoms with Crippen LogP contribution in [0.25, 0.3) is 0 Å². The van der Waals surface area contributed by atoms with E-state index in [0.717, 1.165) is 12.8 Å². The number of rotatable bonds is 8. The van der Waals surface area contributed by atoms with Crippen LogP contribution < -0.4 is 10.6 Å². The molecule has 0 bridgehead atoms. The number of carbonyl (C=O) groups excluding carboxylic acids is 3. The van der Waals surface area contributed by atoms with E-state index in [4.69, 9.17) is 4.74 Å². The van der Waals surface area contributed by atoms with Crippen LogP contribution in [0.5, 0.6) is 0 Å². The quantitative estimate of drug-likeness (QED) is 0.667. The van der Waals surface area contributed by atoms with Crippen LogP contribution in [0.15, 0.2) is 30.3 Å². The van der Waals surface area contributed by atoms with Crippen molar-refractivity contribution in [3.8, 4) is 0 Å². The number of amides is 3. The van der Waals surface area contributed by atoms with Crippen molar-refractivity contribution in [3.05, 3.63) is 35.9 Å². The third-order valence-electron chi connectivity index (χ3n) is 4.03. The highest BCUT2D eigenvalue weighted by Crippen LogP contribution is 2.20. The van der Waals surface area contributed by atoms with Crippen molar-refractivity contribution in [1.29, 1.82) is 0 Å². The minimum atomic E-state index is -0.838. The number of benzene rings is 1. The highest BCUT2D eigenvalue weighted by molar-refractivity contribution is 5.91. The summed E-state index contributed by atoms with van der Waals surface area (Å²) in [6.07, 6.45) is 1.15. The zero-order chi connectivity index (χ0) is 21.3. The maximum atomic E-state index is 12.9. The van der Waals surface area contributed by atoms with Crippen LogP contribution in [0.1, 0.15) is 59.1 Å². The van der Waals surface area contributed by atoms with Crippen LogP contribution >= 0.6 is 0 Å². The molecular weight excluding hydrogens is 358 g/mol. The fraction of sp³-hybridized carbons (Fsp3) is 0.571. The van der Waals surface area contributed by atoms with E-state index in [2.05, 4.69) is 10.6 Å². The molecule has 2 N–H and O–H groups in total. The predicted octanol–water partition coefficient (Wildman–Crippen LogP) is 3.02. The van der Waals surface area contributed by atoms with Gasteiger partial charge in [-0.05, 0) is 39.7 Å². The van der Waals surface area contributed by atoms with E-state index < -0.39 is 23.8 Å². The maximum Gasteiger partial charge on any atom is 0.408 e. The second-order valence-electron chi connectivity index (χ2n) is 7.77. The molecule has 0 aliphatic carbocycles. The van der Waals surface area contributed by atoms with Crippen LogP contribution in [0.3, 0.4) is 0 Å². The Morgan fingerprint density at radius 2 is 1.75 bits per heavy atom. The van der Waals surface area contributed by atoms with Crippen molar-refractivity contribution in [2.75, 3.05) is 13.6 Å². The Labute approximate surface area is 167 Å². The van der Waals surface area contributed by atoms with Gasteiger partial charge in [-0.25, -0.2) is 4.79 Å². The lowest BCUT2D eigenvalue weighted by Gasteiger charge is -2.30. The van der Waals surface area contributed by atoms with Crippen molar-refractivity contribution in [3.63, 3.8) is 0 Å². The van der Waals surface area contributed by atoms with Gasteiger partial charge in [0.05, 0.1) is 0 Å². The van der Waals surface area contributed by atoms with E-state index in [1.165, 1.54) is 4.90 Å². The summed E-state index contributed by atoms with van der Waals surface area (Å²) in [6, 6.07) is 7.48. The molecule has 2 unspecified atom stereocenters. The van der Waals surface area contributed by atoms with Gasteiger partial charge in [-0.1, -0.05) is 43.7 Å². The van der Waals surface area contributed by atoms with Crippen LogP contribution in [0.2, 0.25) is 0 Å². The minimum Gasteiger partial charge on any atom is -0.444 e. The number of likely N-dealkylation sites (N-methyl/N-ethyl adjacent to an activating group) is 1. The second-order valence-corrected chi connectivity index (χ2v) is 7.77. The Kier molecular flexibility index (Phi) is 8.96. The standard InChI is InChI=1S/C21H33N3O4/c1-7-8-14-22-18(25)17(16-12-10-9-11-13-16)24(6)19(26)15(2)23-20(27)28-21(3,4)5/h9-13,15,17H,7-8,14H2,1-6H3,(H,22,25)(H,23,27). The monoisotopic (exact) mass is 391 g/mol. The van der Waals surface area contributed by atoms with Gasteiger partial charge < -0.3 is 20.3 Å². The highest BCUT2D eigenvalue weighted by atomic mass is 16.6. The number of ether oxygens (including phenoxy) is 1. The van der Waals surface area contributed by atoms with Gasteiger partial charge in [-0.2, -0.15) is 0 Å². The first-order valence-corrected chi connectivity index (χ1v) is 9.65. The van der Waals surface area contributed by atoms with Crippen molar-refractivity contribution >= 4 is 17.9 Å². The normalized spacial score (nSPS) is 13.2. The van der Waals surface area contributed by atoms with Crippen molar-refractivity contribution < 1.29 is 19.1 Å².